The van der Waals surface area contributed by atoms with Crippen LogP contribution in [0.5, 0.6) is 0 Å². The molecular formula is C13H12N2O6. The third-order valence-electron chi connectivity index (χ3n) is 2.68. The van der Waals surface area contributed by atoms with Crippen LogP contribution in [0.3, 0.4) is 0 Å². The number of hydrogen-bond acceptors (Lipinski definition) is 7. The van der Waals surface area contributed by atoms with Gasteiger partial charge in [-0.25, -0.2) is 4.79 Å². The molecule has 0 atom stereocenters. The minimum atomic E-state index is -0.818. The number of nitrogens with zero attached hydrogens (tertiary/aromatic N) is 1. The average molecular weight is 292 g/mol. The lowest BCUT2D eigenvalue weighted by atomic mass is 10.2. The van der Waals surface area contributed by atoms with Crippen LogP contribution in [0.25, 0.3) is 0 Å². The van der Waals surface area contributed by atoms with Crippen molar-refractivity contribution in [1.82, 2.24) is 0 Å². The number of para-hydroxylation sites is 2. The first-order chi connectivity index (χ1) is 10.0. The largest absolute Gasteiger partial charge is 0.470 e. The zero-order valence-electron chi connectivity index (χ0n) is 11.1. The molecule has 2 rings (SSSR count). The fourth-order valence-electron chi connectivity index (χ4n) is 1.78. The number of hydrogen-bond donors (Lipinski definition) is 1. The van der Waals surface area contributed by atoms with Gasteiger partial charge >= 0.3 is 5.97 Å². The highest BCUT2D eigenvalue weighted by Crippen LogP contribution is 2.27. The Kier molecular flexibility index (Phi) is 4.17. The van der Waals surface area contributed by atoms with E-state index in [-0.39, 0.29) is 36.0 Å². The third-order valence-corrected chi connectivity index (χ3v) is 2.68. The molecule has 110 valence electrons. The maximum absolute atomic E-state index is 11.7. The molecule has 0 aromatic heterocycles. The van der Waals surface area contributed by atoms with E-state index in [9.17, 15) is 19.7 Å². The molecule has 0 fully saturated rings. The van der Waals surface area contributed by atoms with E-state index in [2.05, 4.69) is 5.32 Å². The standard InChI is InChI=1S/C13H12N2O6/c1-2-20-13(17)11-10(16)7-21-12(11)14-8-5-3-4-6-9(8)15(18)19/h3-6,14H,2,7H2,1H3. The lowest BCUT2D eigenvalue weighted by Gasteiger charge is -2.08. The van der Waals surface area contributed by atoms with E-state index in [1.54, 1.807) is 13.0 Å². The summed E-state index contributed by atoms with van der Waals surface area (Å²) in [4.78, 5) is 33.7. The molecule has 1 aliphatic heterocycles. The number of nitro benzene ring substituents is 1. The van der Waals surface area contributed by atoms with E-state index in [0.717, 1.165) is 0 Å². The van der Waals surface area contributed by atoms with E-state index >= 15 is 0 Å². The van der Waals surface area contributed by atoms with Crippen molar-refractivity contribution in [2.75, 3.05) is 18.5 Å². The first-order valence-corrected chi connectivity index (χ1v) is 6.12. The number of benzene rings is 1. The number of Topliss-reactive ketones (excluding diaryl/α,β-unsaturated/α-hetero) is 1. The number of ketones is 1. The highest BCUT2D eigenvalue weighted by Gasteiger charge is 2.33. The monoisotopic (exact) mass is 292 g/mol. The van der Waals surface area contributed by atoms with Gasteiger partial charge in [-0.15, -0.1) is 0 Å². The Hall–Kier alpha value is -2.90. The summed E-state index contributed by atoms with van der Waals surface area (Å²) in [5, 5.41) is 13.5. The molecule has 8 nitrogen and oxygen atoms in total. The third kappa shape index (κ3) is 2.99. The molecular weight excluding hydrogens is 280 g/mol. The SMILES string of the molecule is CCOC(=O)C1=C(Nc2ccccc2[N+](=O)[O-])OCC1=O. The number of anilines is 1. The summed E-state index contributed by atoms with van der Waals surface area (Å²) in [6.07, 6.45) is 0. The molecule has 0 aliphatic carbocycles. The number of esters is 1. The number of carbonyl (C=O) groups is 2. The van der Waals surface area contributed by atoms with Crippen LogP contribution in [0.2, 0.25) is 0 Å². The summed E-state index contributed by atoms with van der Waals surface area (Å²) in [5.74, 6) is -1.48. The van der Waals surface area contributed by atoms with Gasteiger partial charge in [0.2, 0.25) is 11.7 Å². The Morgan fingerprint density at radius 3 is 2.86 bits per heavy atom. The van der Waals surface area contributed by atoms with Crippen LogP contribution in [0, 0.1) is 10.1 Å². The Bertz CT molecular complexity index is 637. The van der Waals surface area contributed by atoms with Gasteiger partial charge in [-0.05, 0) is 13.0 Å². The lowest BCUT2D eigenvalue weighted by molar-refractivity contribution is -0.384. The summed E-state index contributed by atoms with van der Waals surface area (Å²) >= 11 is 0. The van der Waals surface area contributed by atoms with E-state index < -0.39 is 16.7 Å². The van der Waals surface area contributed by atoms with Crippen molar-refractivity contribution in [3.05, 3.63) is 45.8 Å². The van der Waals surface area contributed by atoms with E-state index in [0.29, 0.717) is 0 Å². The van der Waals surface area contributed by atoms with Crippen LogP contribution in [-0.2, 0) is 19.1 Å². The van der Waals surface area contributed by atoms with E-state index in [1.807, 2.05) is 0 Å². The summed E-state index contributed by atoms with van der Waals surface area (Å²) in [6.45, 7) is 1.40. The highest BCUT2D eigenvalue weighted by atomic mass is 16.6. The Balaban J connectivity index is 2.35. The van der Waals surface area contributed by atoms with Crippen LogP contribution >= 0.6 is 0 Å². The van der Waals surface area contributed by atoms with Gasteiger partial charge < -0.3 is 14.8 Å². The van der Waals surface area contributed by atoms with Gasteiger partial charge in [-0.3, -0.25) is 14.9 Å². The Labute approximate surface area is 119 Å². The second-order valence-corrected chi connectivity index (χ2v) is 4.04. The molecule has 0 bridgehead atoms. The Morgan fingerprint density at radius 2 is 2.19 bits per heavy atom. The van der Waals surface area contributed by atoms with Gasteiger partial charge in [0.25, 0.3) is 5.69 Å². The maximum Gasteiger partial charge on any atom is 0.347 e. The van der Waals surface area contributed by atoms with Crippen molar-refractivity contribution < 1.29 is 24.0 Å². The fourth-order valence-corrected chi connectivity index (χ4v) is 1.78. The van der Waals surface area contributed by atoms with Gasteiger partial charge in [0.15, 0.2) is 12.2 Å². The molecule has 0 saturated carbocycles. The normalized spacial score (nSPS) is 13.9. The first kappa shape index (κ1) is 14.5. The molecule has 0 unspecified atom stereocenters. The average Bonchev–Trinajstić information content (AvgIpc) is 2.80. The van der Waals surface area contributed by atoms with Crippen molar-refractivity contribution in [1.29, 1.82) is 0 Å². The van der Waals surface area contributed by atoms with Crippen LogP contribution in [0.1, 0.15) is 6.92 Å². The smallest absolute Gasteiger partial charge is 0.347 e. The summed E-state index contributed by atoms with van der Waals surface area (Å²) in [5.41, 5.74) is -0.347. The van der Waals surface area contributed by atoms with Gasteiger partial charge in [0, 0.05) is 6.07 Å². The predicted molar refractivity (Wildman–Crippen MR) is 71.3 cm³/mol. The second-order valence-electron chi connectivity index (χ2n) is 4.04. The molecule has 1 aromatic rings. The second kappa shape index (κ2) is 6.04. The molecule has 1 aromatic carbocycles. The fraction of sp³-hybridized carbons (Fsp3) is 0.231. The molecule has 1 N–H and O–H groups in total. The summed E-state index contributed by atoms with van der Waals surface area (Å²) in [6, 6.07) is 5.82. The molecule has 8 heteroatoms. The number of nitrogens with one attached hydrogen (secondary N) is 1. The lowest BCUT2D eigenvalue weighted by Crippen LogP contribution is -2.16. The van der Waals surface area contributed by atoms with Crippen LogP contribution in [-0.4, -0.2) is 29.9 Å². The summed E-state index contributed by atoms with van der Waals surface area (Å²) < 4.78 is 9.85. The minimum absolute atomic E-state index is 0.106. The van der Waals surface area contributed by atoms with Gasteiger partial charge in [0.1, 0.15) is 5.69 Å². The van der Waals surface area contributed by atoms with Crippen LogP contribution < -0.4 is 5.32 Å². The molecule has 1 heterocycles. The van der Waals surface area contributed by atoms with E-state index in [4.69, 9.17) is 9.47 Å². The van der Waals surface area contributed by atoms with Crippen molar-refractivity contribution in [2.45, 2.75) is 6.92 Å². The van der Waals surface area contributed by atoms with Crippen LogP contribution in [0.4, 0.5) is 11.4 Å². The Morgan fingerprint density at radius 1 is 1.48 bits per heavy atom. The maximum atomic E-state index is 11.7. The van der Waals surface area contributed by atoms with Gasteiger partial charge in [-0.2, -0.15) is 0 Å². The van der Waals surface area contributed by atoms with E-state index in [1.165, 1.54) is 18.2 Å². The van der Waals surface area contributed by atoms with Gasteiger partial charge in [0.05, 0.1) is 11.5 Å². The molecule has 1 aliphatic rings. The van der Waals surface area contributed by atoms with Crippen LogP contribution in [0.15, 0.2) is 35.7 Å². The van der Waals surface area contributed by atoms with Crippen molar-refractivity contribution >= 4 is 23.1 Å². The summed E-state index contributed by atoms with van der Waals surface area (Å²) in [7, 11) is 0. The van der Waals surface area contributed by atoms with Crippen molar-refractivity contribution in [3.8, 4) is 0 Å². The van der Waals surface area contributed by atoms with Gasteiger partial charge in [-0.1, -0.05) is 12.1 Å². The van der Waals surface area contributed by atoms with Crippen molar-refractivity contribution in [3.63, 3.8) is 0 Å². The predicted octanol–water partition coefficient (Wildman–Crippen LogP) is 1.38. The highest BCUT2D eigenvalue weighted by molar-refractivity contribution is 6.19. The topological polar surface area (TPSA) is 108 Å². The molecule has 0 amide bonds. The minimum Gasteiger partial charge on any atom is -0.470 e. The number of ether oxygens (including phenoxy) is 2. The quantitative estimate of drug-likeness (QED) is 0.378. The number of nitro groups is 1. The molecule has 0 radical (unpaired) electrons. The zero-order chi connectivity index (χ0) is 15.4. The molecule has 0 saturated heterocycles. The number of rotatable bonds is 5. The number of carbonyl (C=O) groups excluding carboxylic acids is 2. The molecule has 0 spiro atoms. The molecule has 21 heavy (non-hydrogen) atoms. The zero-order valence-corrected chi connectivity index (χ0v) is 11.1. The first-order valence-electron chi connectivity index (χ1n) is 6.12. The van der Waals surface area contributed by atoms with Crippen molar-refractivity contribution in [2.24, 2.45) is 0 Å².